The number of rotatable bonds is 7. The maximum absolute atomic E-state index is 13.5. The highest BCUT2D eigenvalue weighted by molar-refractivity contribution is 7.98. The molecule has 3 amide bonds. The summed E-state index contributed by atoms with van der Waals surface area (Å²) in [6.45, 7) is 3.03. The van der Waals surface area contributed by atoms with Gasteiger partial charge in [-0.1, -0.05) is 24.3 Å². The van der Waals surface area contributed by atoms with Crippen LogP contribution in [0.15, 0.2) is 54.0 Å². The molecular weight excluding hydrogens is 528 g/mol. The zero-order valence-electron chi connectivity index (χ0n) is 20.9. The van der Waals surface area contributed by atoms with E-state index in [2.05, 4.69) is 36.8 Å². The molecule has 0 spiro atoms. The molecule has 0 aliphatic carbocycles. The van der Waals surface area contributed by atoms with E-state index in [0.717, 1.165) is 0 Å². The fourth-order valence-electron chi connectivity index (χ4n) is 4.46. The summed E-state index contributed by atoms with van der Waals surface area (Å²) in [6, 6.07) is 6.04. The SMILES string of the molecule is C=S(=O)(c1ccccc1NC(=O)Nc1ncnc2c1ncn2[C@@H]1O[C@H](C(=O)NCC)C(O)C1O)N1CC=CC1. The molecule has 4 heterocycles. The Morgan fingerprint density at radius 2 is 1.87 bits per heavy atom. The third-order valence-electron chi connectivity index (χ3n) is 6.39. The van der Waals surface area contributed by atoms with Crippen LogP contribution in [-0.4, -0.2) is 94.0 Å². The molecule has 0 saturated carbocycles. The average Bonchev–Trinajstić information content (AvgIpc) is 3.66. The van der Waals surface area contributed by atoms with Crippen molar-refractivity contribution in [3.05, 3.63) is 49.1 Å². The van der Waals surface area contributed by atoms with Crippen molar-refractivity contribution in [3.63, 3.8) is 0 Å². The van der Waals surface area contributed by atoms with E-state index in [1.54, 1.807) is 35.5 Å². The number of benzene rings is 1. The van der Waals surface area contributed by atoms with Crippen molar-refractivity contribution in [2.24, 2.45) is 0 Å². The number of aliphatic hydroxyl groups excluding tert-OH is 2. The lowest BCUT2D eigenvalue weighted by Gasteiger charge is -2.23. The molecule has 2 aliphatic heterocycles. The molecule has 0 bridgehead atoms. The molecule has 206 valence electrons. The Hall–Kier alpha value is -3.89. The minimum atomic E-state index is -2.85. The highest BCUT2D eigenvalue weighted by Gasteiger charge is 2.47. The number of para-hydroxylation sites is 1. The number of amides is 3. The molecule has 39 heavy (non-hydrogen) atoms. The average molecular weight is 557 g/mol. The quantitative estimate of drug-likeness (QED) is 0.199. The van der Waals surface area contributed by atoms with Crippen molar-refractivity contribution in [1.82, 2.24) is 29.1 Å². The third-order valence-corrected chi connectivity index (χ3v) is 8.57. The maximum atomic E-state index is 13.5. The summed E-state index contributed by atoms with van der Waals surface area (Å²) in [4.78, 5) is 38.1. The Balaban J connectivity index is 1.36. The summed E-state index contributed by atoms with van der Waals surface area (Å²) < 4.78 is 22.2. The number of hydrogen-bond donors (Lipinski definition) is 5. The van der Waals surface area contributed by atoms with Gasteiger partial charge in [-0.2, -0.15) is 0 Å². The minimum Gasteiger partial charge on any atom is -0.387 e. The van der Waals surface area contributed by atoms with Crippen LogP contribution in [0.5, 0.6) is 0 Å². The molecule has 5 N–H and O–H groups in total. The number of urea groups is 1. The van der Waals surface area contributed by atoms with Gasteiger partial charge in [0.15, 0.2) is 29.3 Å². The van der Waals surface area contributed by atoms with Crippen LogP contribution in [0.2, 0.25) is 0 Å². The number of carbonyl (C=O) groups is 2. The summed E-state index contributed by atoms with van der Waals surface area (Å²) in [5, 5.41) is 28.8. The van der Waals surface area contributed by atoms with Gasteiger partial charge in [0, 0.05) is 19.6 Å². The Bertz CT molecular complexity index is 1530. The van der Waals surface area contributed by atoms with E-state index in [9.17, 15) is 24.0 Å². The van der Waals surface area contributed by atoms with Gasteiger partial charge in [0.2, 0.25) is 0 Å². The number of carbonyl (C=O) groups excluding carboxylic acids is 2. The van der Waals surface area contributed by atoms with Crippen LogP contribution in [0.4, 0.5) is 16.3 Å². The van der Waals surface area contributed by atoms with E-state index in [0.29, 0.717) is 30.2 Å². The zero-order chi connectivity index (χ0) is 27.7. The molecule has 1 fully saturated rings. The monoisotopic (exact) mass is 556 g/mol. The first-order valence-corrected chi connectivity index (χ1v) is 13.8. The number of fused-ring (bicyclic) bond motifs is 1. The van der Waals surface area contributed by atoms with Gasteiger partial charge in [0.25, 0.3) is 5.91 Å². The molecule has 5 atom stereocenters. The predicted molar refractivity (Wildman–Crippen MR) is 143 cm³/mol. The lowest BCUT2D eigenvalue weighted by Crippen LogP contribution is -2.42. The summed E-state index contributed by atoms with van der Waals surface area (Å²) in [6.07, 6.45) is 0.951. The number of ether oxygens (including phenoxy) is 1. The van der Waals surface area contributed by atoms with Gasteiger partial charge >= 0.3 is 6.03 Å². The number of aromatic nitrogens is 4. The van der Waals surface area contributed by atoms with Crippen molar-refractivity contribution in [2.75, 3.05) is 30.3 Å². The Kier molecular flexibility index (Phi) is 7.33. The van der Waals surface area contributed by atoms with Crippen LogP contribution in [0, 0.1) is 0 Å². The van der Waals surface area contributed by atoms with E-state index >= 15 is 0 Å². The van der Waals surface area contributed by atoms with Gasteiger partial charge in [-0.25, -0.2) is 28.3 Å². The van der Waals surface area contributed by atoms with E-state index in [-0.39, 0.29) is 17.0 Å². The van der Waals surface area contributed by atoms with E-state index in [4.69, 9.17) is 4.74 Å². The Labute approximate surface area is 223 Å². The number of likely N-dealkylation sites (N-methyl/N-ethyl adjacent to an activating group) is 1. The van der Waals surface area contributed by atoms with Gasteiger partial charge in [-0.05, 0) is 24.9 Å². The first kappa shape index (κ1) is 26.7. The van der Waals surface area contributed by atoms with Crippen molar-refractivity contribution in [1.29, 1.82) is 0 Å². The van der Waals surface area contributed by atoms with Gasteiger partial charge in [0.05, 0.1) is 26.6 Å². The van der Waals surface area contributed by atoms with E-state index in [1.807, 2.05) is 12.2 Å². The molecule has 5 rings (SSSR count). The smallest absolute Gasteiger partial charge is 0.324 e. The van der Waals surface area contributed by atoms with Crippen LogP contribution >= 0.6 is 0 Å². The fraction of sp³-hybridized carbons (Fsp3) is 0.333. The largest absolute Gasteiger partial charge is 0.387 e. The maximum Gasteiger partial charge on any atom is 0.324 e. The number of nitrogens with one attached hydrogen (secondary N) is 3. The van der Waals surface area contributed by atoms with Crippen molar-refractivity contribution in [3.8, 4) is 0 Å². The summed E-state index contributed by atoms with van der Waals surface area (Å²) in [5.41, 5.74) is 0.693. The number of imidazole rings is 1. The van der Waals surface area contributed by atoms with Gasteiger partial charge < -0.3 is 25.6 Å². The zero-order valence-corrected chi connectivity index (χ0v) is 21.7. The first-order valence-electron chi connectivity index (χ1n) is 12.1. The predicted octanol–water partition coefficient (Wildman–Crippen LogP) is 0.0877. The van der Waals surface area contributed by atoms with Crippen molar-refractivity contribution >= 4 is 50.2 Å². The standard InChI is InChI=1S/C24H28N8O6S/c1-3-25-22(35)19-17(33)18(34)23(38-19)32-13-28-16-20(26-12-27-21(16)32)30-24(36)29-14-8-4-5-9-15(14)39(2,37)31-10-6-7-11-31/h4-9,12-13,17-19,23,33-34H,2-3,10-11H2,1H3,(H,25,35)(H2,26,27,29,30,36)/t17?,18?,19-,23+,39?/m0/s1. The molecule has 2 aliphatic rings. The lowest BCUT2D eigenvalue weighted by atomic mass is 10.1. The molecule has 14 nitrogen and oxygen atoms in total. The van der Waals surface area contributed by atoms with Crippen LogP contribution < -0.4 is 16.0 Å². The third kappa shape index (κ3) is 4.97. The number of hydrogen-bond acceptors (Lipinski definition) is 9. The van der Waals surface area contributed by atoms with Gasteiger partial charge in [0.1, 0.15) is 18.5 Å². The fourth-order valence-corrected chi connectivity index (χ4v) is 6.14. The van der Waals surface area contributed by atoms with Crippen LogP contribution in [0.25, 0.3) is 11.2 Å². The van der Waals surface area contributed by atoms with Gasteiger partial charge in [-0.15, -0.1) is 0 Å². The first-order chi connectivity index (χ1) is 18.7. The van der Waals surface area contributed by atoms with Crippen molar-refractivity contribution in [2.45, 2.75) is 36.4 Å². The van der Waals surface area contributed by atoms with Crippen LogP contribution in [-0.2, 0) is 19.2 Å². The summed E-state index contributed by atoms with van der Waals surface area (Å²) in [5.74, 6) is 3.43. The molecule has 3 unspecified atom stereocenters. The Morgan fingerprint density at radius 3 is 2.62 bits per heavy atom. The molecule has 1 saturated heterocycles. The topological polar surface area (TPSA) is 184 Å². The molecule has 2 aromatic heterocycles. The second-order valence-corrected chi connectivity index (χ2v) is 11.1. The second kappa shape index (κ2) is 10.7. The second-order valence-electron chi connectivity index (χ2n) is 8.90. The van der Waals surface area contributed by atoms with E-state index < -0.39 is 46.2 Å². The Morgan fingerprint density at radius 1 is 1.13 bits per heavy atom. The minimum absolute atomic E-state index is 0.0566. The molecule has 0 radical (unpaired) electrons. The molecule has 3 aromatic rings. The molecular formula is C24H28N8O6S. The van der Waals surface area contributed by atoms with Crippen LogP contribution in [0.3, 0.4) is 0 Å². The summed E-state index contributed by atoms with van der Waals surface area (Å²) >= 11 is 0. The highest BCUT2D eigenvalue weighted by atomic mass is 32.2. The van der Waals surface area contributed by atoms with Crippen molar-refractivity contribution < 1.29 is 28.7 Å². The molecule has 15 heteroatoms. The lowest BCUT2D eigenvalue weighted by molar-refractivity contribution is -0.137. The molecule has 1 aromatic carbocycles. The van der Waals surface area contributed by atoms with E-state index in [1.165, 1.54) is 17.2 Å². The summed E-state index contributed by atoms with van der Waals surface area (Å²) in [7, 11) is -2.85. The highest BCUT2D eigenvalue weighted by Crippen LogP contribution is 2.32. The number of nitrogens with zero attached hydrogens (tertiary/aromatic N) is 5. The van der Waals surface area contributed by atoms with Gasteiger partial charge in [-0.3, -0.25) is 14.7 Å². The number of anilines is 2. The normalized spacial score (nSPS) is 24.5. The van der Waals surface area contributed by atoms with Crippen LogP contribution in [0.1, 0.15) is 13.2 Å². The number of aliphatic hydroxyl groups is 2.